The topological polar surface area (TPSA) is 87.6 Å². The molecule has 34 heavy (non-hydrogen) atoms. The monoisotopic (exact) mass is 470 g/mol. The molecule has 1 heterocycles. The maximum Gasteiger partial charge on any atom is 0.335 e. The molecular weight excluding hydrogens is 452 g/mol. The van der Waals surface area contributed by atoms with Crippen LogP contribution in [0.5, 0.6) is 0 Å². The van der Waals surface area contributed by atoms with Crippen LogP contribution in [0.2, 0.25) is 5.02 Å². The highest BCUT2D eigenvalue weighted by atomic mass is 35.5. The van der Waals surface area contributed by atoms with Gasteiger partial charge in [-0.2, -0.15) is 0 Å². The summed E-state index contributed by atoms with van der Waals surface area (Å²) in [5.41, 5.74) is 2.22. The van der Waals surface area contributed by atoms with Crippen LogP contribution in [0.4, 0.5) is 11.4 Å². The molecule has 0 saturated heterocycles. The Morgan fingerprint density at radius 1 is 0.735 bits per heavy atom. The van der Waals surface area contributed by atoms with E-state index in [-0.39, 0.29) is 28.2 Å². The van der Waals surface area contributed by atoms with Gasteiger partial charge in [0.1, 0.15) is 5.69 Å². The second-order valence-electron chi connectivity index (χ2n) is 7.57. The Labute approximate surface area is 201 Å². The summed E-state index contributed by atoms with van der Waals surface area (Å²) in [6.07, 6.45) is 1.55. The Hall–Kier alpha value is -4.29. The molecule has 6 nitrogen and oxygen atoms in total. The molecule has 0 fully saturated rings. The number of carbonyl (C=O) groups excluding carboxylic acids is 2. The Bertz CT molecular complexity index is 1370. The van der Waals surface area contributed by atoms with E-state index >= 15 is 0 Å². The van der Waals surface area contributed by atoms with E-state index in [2.05, 4.69) is 4.98 Å². The SMILES string of the molecule is CN(c1ccc(Cl)cc1)c1ccc(C(=O)c2cc(C(=O)O)cc(C(=O)c3ccccc3)c2)nc1. The Morgan fingerprint density at radius 3 is 1.91 bits per heavy atom. The van der Waals surface area contributed by atoms with E-state index in [1.807, 2.05) is 24.1 Å². The molecule has 0 amide bonds. The average molecular weight is 471 g/mol. The van der Waals surface area contributed by atoms with Gasteiger partial charge in [-0.1, -0.05) is 41.9 Å². The first-order chi connectivity index (χ1) is 16.3. The molecule has 3 aromatic carbocycles. The second-order valence-corrected chi connectivity index (χ2v) is 8.00. The highest BCUT2D eigenvalue weighted by molar-refractivity contribution is 6.30. The van der Waals surface area contributed by atoms with E-state index < -0.39 is 11.8 Å². The molecule has 0 radical (unpaired) electrons. The lowest BCUT2D eigenvalue weighted by Gasteiger charge is -2.19. The standard InChI is InChI=1S/C27H19ClN2O4/c1-30(22-9-7-21(28)8-10-22)23-11-12-24(29-16-23)26(32)19-13-18(14-20(15-19)27(33)34)25(31)17-5-3-2-4-6-17/h2-16H,1H3,(H,33,34). The van der Waals surface area contributed by atoms with Crippen molar-refractivity contribution in [3.05, 3.63) is 124 Å². The van der Waals surface area contributed by atoms with Crippen LogP contribution in [0, 0.1) is 0 Å². The van der Waals surface area contributed by atoms with Gasteiger partial charge in [-0.05, 0) is 54.6 Å². The van der Waals surface area contributed by atoms with Crippen molar-refractivity contribution >= 4 is 40.5 Å². The predicted molar refractivity (Wildman–Crippen MR) is 130 cm³/mol. The van der Waals surface area contributed by atoms with Crippen molar-refractivity contribution in [3.8, 4) is 0 Å². The van der Waals surface area contributed by atoms with E-state index in [0.29, 0.717) is 10.6 Å². The van der Waals surface area contributed by atoms with Crippen LogP contribution < -0.4 is 4.90 Å². The van der Waals surface area contributed by atoms with Gasteiger partial charge in [0.15, 0.2) is 5.78 Å². The summed E-state index contributed by atoms with van der Waals surface area (Å²) in [5.74, 6) is -2.08. The van der Waals surface area contributed by atoms with E-state index in [0.717, 1.165) is 11.4 Å². The smallest absolute Gasteiger partial charge is 0.335 e. The summed E-state index contributed by atoms with van der Waals surface area (Å²) in [4.78, 5) is 43.8. The lowest BCUT2D eigenvalue weighted by molar-refractivity contribution is 0.0697. The maximum atomic E-state index is 13.1. The van der Waals surface area contributed by atoms with Gasteiger partial charge in [-0.25, -0.2) is 4.79 Å². The highest BCUT2D eigenvalue weighted by Gasteiger charge is 2.19. The number of halogens is 1. The van der Waals surface area contributed by atoms with Crippen LogP contribution in [0.25, 0.3) is 0 Å². The zero-order valence-corrected chi connectivity index (χ0v) is 18.9. The molecule has 0 bridgehead atoms. The van der Waals surface area contributed by atoms with E-state index in [4.69, 9.17) is 11.6 Å². The van der Waals surface area contributed by atoms with Gasteiger partial charge in [0.2, 0.25) is 5.78 Å². The molecule has 7 heteroatoms. The van der Waals surface area contributed by atoms with Crippen molar-refractivity contribution in [2.75, 3.05) is 11.9 Å². The van der Waals surface area contributed by atoms with Crippen molar-refractivity contribution in [2.24, 2.45) is 0 Å². The molecule has 4 rings (SSSR count). The number of pyridine rings is 1. The minimum atomic E-state index is -1.23. The normalized spacial score (nSPS) is 10.5. The number of hydrogen-bond acceptors (Lipinski definition) is 5. The van der Waals surface area contributed by atoms with Gasteiger partial charge in [0.05, 0.1) is 17.4 Å². The largest absolute Gasteiger partial charge is 0.478 e. The number of hydrogen-bond donors (Lipinski definition) is 1. The molecule has 4 aromatic rings. The van der Waals surface area contributed by atoms with Crippen molar-refractivity contribution in [1.82, 2.24) is 4.98 Å². The maximum absolute atomic E-state index is 13.1. The number of carboxylic acids is 1. The summed E-state index contributed by atoms with van der Waals surface area (Å²) in [6.45, 7) is 0. The number of carboxylic acid groups (broad SMARTS) is 1. The third-order valence-corrected chi connectivity index (χ3v) is 5.57. The number of aromatic carboxylic acids is 1. The van der Waals surface area contributed by atoms with Gasteiger partial charge < -0.3 is 10.0 Å². The van der Waals surface area contributed by atoms with E-state index in [9.17, 15) is 19.5 Å². The first kappa shape index (κ1) is 22.9. The summed E-state index contributed by atoms with van der Waals surface area (Å²) >= 11 is 5.95. The van der Waals surface area contributed by atoms with E-state index in [1.165, 1.54) is 18.2 Å². The fraction of sp³-hybridized carbons (Fsp3) is 0.0370. The minimum absolute atomic E-state index is 0.0745. The van der Waals surface area contributed by atoms with Crippen LogP contribution >= 0.6 is 11.6 Å². The van der Waals surface area contributed by atoms with Gasteiger partial charge in [0.25, 0.3) is 0 Å². The van der Waals surface area contributed by atoms with Crippen molar-refractivity contribution in [1.29, 1.82) is 0 Å². The lowest BCUT2D eigenvalue weighted by Crippen LogP contribution is -2.12. The summed E-state index contributed by atoms with van der Waals surface area (Å²) in [6, 6.07) is 23.0. The number of anilines is 2. The first-order valence-electron chi connectivity index (χ1n) is 10.3. The Balaban J connectivity index is 1.64. The molecule has 0 aliphatic rings. The number of nitrogens with zero attached hydrogens (tertiary/aromatic N) is 2. The molecule has 0 atom stereocenters. The zero-order chi connectivity index (χ0) is 24.2. The molecule has 0 unspecified atom stereocenters. The van der Waals surface area contributed by atoms with Gasteiger partial charge in [-0.3, -0.25) is 14.6 Å². The van der Waals surface area contributed by atoms with Gasteiger partial charge in [-0.15, -0.1) is 0 Å². The quantitative estimate of drug-likeness (QED) is 0.350. The van der Waals surface area contributed by atoms with Crippen LogP contribution in [0.3, 0.4) is 0 Å². The molecule has 168 valence electrons. The molecule has 1 aromatic heterocycles. The fourth-order valence-corrected chi connectivity index (χ4v) is 3.58. The predicted octanol–water partition coefficient (Wildman–Crippen LogP) is 5.66. The molecule has 0 saturated carbocycles. The van der Waals surface area contributed by atoms with Crippen molar-refractivity contribution < 1.29 is 19.5 Å². The molecule has 0 aliphatic carbocycles. The van der Waals surface area contributed by atoms with Crippen LogP contribution in [0.15, 0.2) is 91.1 Å². The van der Waals surface area contributed by atoms with Crippen LogP contribution in [0.1, 0.15) is 42.3 Å². The first-order valence-corrected chi connectivity index (χ1v) is 10.7. The third-order valence-electron chi connectivity index (χ3n) is 5.32. The second kappa shape index (κ2) is 9.68. The van der Waals surface area contributed by atoms with Gasteiger partial charge >= 0.3 is 5.97 Å². The van der Waals surface area contributed by atoms with Crippen molar-refractivity contribution in [3.63, 3.8) is 0 Å². The minimum Gasteiger partial charge on any atom is -0.478 e. The number of aromatic nitrogens is 1. The van der Waals surface area contributed by atoms with Gasteiger partial charge in [0, 0.05) is 34.4 Å². The highest BCUT2D eigenvalue weighted by Crippen LogP contribution is 2.25. The third kappa shape index (κ3) is 4.87. The van der Waals surface area contributed by atoms with Crippen molar-refractivity contribution in [2.45, 2.75) is 0 Å². The van der Waals surface area contributed by atoms with Crippen LogP contribution in [-0.4, -0.2) is 34.7 Å². The number of rotatable bonds is 7. The zero-order valence-electron chi connectivity index (χ0n) is 18.1. The molecular formula is C27H19ClN2O4. The number of benzene rings is 3. The molecule has 0 aliphatic heterocycles. The van der Waals surface area contributed by atoms with Crippen LogP contribution in [-0.2, 0) is 0 Å². The van der Waals surface area contributed by atoms with E-state index in [1.54, 1.807) is 60.8 Å². The Kier molecular flexibility index (Phi) is 6.52. The summed E-state index contributed by atoms with van der Waals surface area (Å²) in [5, 5.41) is 10.1. The summed E-state index contributed by atoms with van der Waals surface area (Å²) in [7, 11) is 1.86. The number of ketones is 2. The number of carbonyl (C=O) groups is 3. The Morgan fingerprint density at radius 2 is 1.32 bits per heavy atom. The summed E-state index contributed by atoms with van der Waals surface area (Å²) < 4.78 is 0. The lowest BCUT2D eigenvalue weighted by atomic mass is 9.96. The fourth-order valence-electron chi connectivity index (χ4n) is 3.45. The molecule has 0 spiro atoms. The average Bonchev–Trinajstić information content (AvgIpc) is 2.88. The molecule has 1 N–H and O–H groups in total.